The van der Waals surface area contributed by atoms with Crippen molar-refractivity contribution in [2.75, 3.05) is 0 Å². The van der Waals surface area contributed by atoms with E-state index < -0.39 is 0 Å². The van der Waals surface area contributed by atoms with Crippen LogP contribution in [0.4, 0.5) is 0 Å². The Kier molecular flexibility index (Phi) is 3.89. The predicted octanol–water partition coefficient (Wildman–Crippen LogP) is 4.94. The number of nitrogens with zero attached hydrogens (tertiary/aromatic N) is 2. The van der Waals surface area contributed by atoms with Crippen molar-refractivity contribution < 1.29 is 0 Å². The molecule has 1 N–H and O–H groups in total. The van der Waals surface area contributed by atoms with Crippen LogP contribution in [0.15, 0.2) is 22.7 Å². The highest BCUT2D eigenvalue weighted by Crippen LogP contribution is 2.33. The van der Waals surface area contributed by atoms with Gasteiger partial charge < -0.3 is 0 Å². The number of hydrogen-bond acceptors (Lipinski definition) is 2. The molecule has 1 aromatic carbocycles. The van der Waals surface area contributed by atoms with Crippen LogP contribution in [-0.2, 0) is 0 Å². The van der Waals surface area contributed by atoms with Crippen molar-refractivity contribution in [3.8, 4) is 11.4 Å². The van der Waals surface area contributed by atoms with Gasteiger partial charge in [0, 0.05) is 16.0 Å². The molecular weight excluding hydrogens is 326 g/mol. The van der Waals surface area contributed by atoms with Crippen LogP contribution in [0.1, 0.15) is 43.8 Å². The van der Waals surface area contributed by atoms with Gasteiger partial charge in [-0.15, -0.1) is 0 Å². The first-order valence-electron chi connectivity index (χ1n) is 6.62. The van der Waals surface area contributed by atoms with Crippen LogP contribution in [0.5, 0.6) is 0 Å². The lowest BCUT2D eigenvalue weighted by atomic mass is 9.89. The summed E-state index contributed by atoms with van der Waals surface area (Å²) in [6, 6.07) is 5.77. The fourth-order valence-corrected chi connectivity index (χ4v) is 3.38. The van der Waals surface area contributed by atoms with Crippen molar-refractivity contribution >= 4 is 27.5 Å². The molecule has 0 aliphatic heterocycles. The normalized spacial score (nSPS) is 16.7. The molecule has 2 aromatic rings. The highest BCUT2D eigenvalue weighted by atomic mass is 79.9. The minimum absolute atomic E-state index is 0.532. The fourth-order valence-electron chi connectivity index (χ4n) is 2.62. The summed E-state index contributed by atoms with van der Waals surface area (Å²) in [5.41, 5.74) is 0.878. The van der Waals surface area contributed by atoms with E-state index in [9.17, 15) is 0 Å². The Morgan fingerprint density at radius 3 is 2.74 bits per heavy atom. The van der Waals surface area contributed by atoms with Crippen molar-refractivity contribution in [1.82, 2.24) is 15.2 Å². The summed E-state index contributed by atoms with van der Waals surface area (Å²) in [5, 5.41) is 8.07. The summed E-state index contributed by atoms with van der Waals surface area (Å²) >= 11 is 9.64. The van der Waals surface area contributed by atoms with Gasteiger partial charge in [-0.25, -0.2) is 4.98 Å². The standard InChI is InChI=1S/C14H15BrClN3/c15-10-6-7-11(12(16)8-10)14-17-13(18-19-14)9-4-2-1-3-5-9/h6-9H,1-5H2,(H,17,18,19). The van der Waals surface area contributed by atoms with Gasteiger partial charge in [-0.05, 0) is 31.0 Å². The van der Waals surface area contributed by atoms with Gasteiger partial charge in [-0.3, -0.25) is 5.10 Å². The summed E-state index contributed by atoms with van der Waals surface area (Å²) in [6.45, 7) is 0. The van der Waals surface area contributed by atoms with Crippen molar-refractivity contribution in [2.45, 2.75) is 38.0 Å². The maximum atomic E-state index is 6.24. The van der Waals surface area contributed by atoms with Crippen molar-refractivity contribution in [2.24, 2.45) is 0 Å². The molecule has 1 heterocycles. The zero-order valence-corrected chi connectivity index (χ0v) is 12.8. The van der Waals surface area contributed by atoms with Gasteiger partial charge in [-0.2, -0.15) is 5.10 Å². The third-order valence-electron chi connectivity index (χ3n) is 3.67. The molecule has 1 saturated carbocycles. The summed E-state index contributed by atoms with van der Waals surface area (Å²) < 4.78 is 0.962. The lowest BCUT2D eigenvalue weighted by Crippen LogP contribution is -2.06. The molecule has 100 valence electrons. The van der Waals surface area contributed by atoms with Crippen LogP contribution in [0.2, 0.25) is 5.02 Å². The van der Waals surface area contributed by atoms with E-state index in [0.29, 0.717) is 16.8 Å². The molecule has 0 amide bonds. The van der Waals surface area contributed by atoms with E-state index in [-0.39, 0.29) is 0 Å². The number of aromatic nitrogens is 3. The van der Waals surface area contributed by atoms with Gasteiger partial charge in [0.05, 0.1) is 5.02 Å². The maximum Gasteiger partial charge on any atom is 0.182 e. The number of nitrogens with one attached hydrogen (secondary N) is 1. The number of halogens is 2. The van der Waals surface area contributed by atoms with Crippen molar-refractivity contribution in [3.05, 3.63) is 33.5 Å². The second kappa shape index (κ2) is 5.63. The van der Waals surface area contributed by atoms with Crippen molar-refractivity contribution in [1.29, 1.82) is 0 Å². The smallest absolute Gasteiger partial charge is 0.182 e. The average molecular weight is 341 g/mol. The number of hydrogen-bond donors (Lipinski definition) is 1. The van der Waals surface area contributed by atoms with Crippen molar-refractivity contribution in [3.63, 3.8) is 0 Å². The highest BCUT2D eigenvalue weighted by molar-refractivity contribution is 9.10. The minimum Gasteiger partial charge on any atom is -0.262 e. The lowest BCUT2D eigenvalue weighted by Gasteiger charge is -2.18. The van der Waals surface area contributed by atoms with E-state index in [1.165, 1.54) is 32.1 Å². The zero-order chi connectivity index (χ0) is 13.2. The summed E-state index contributed by atoms with van der Waals surface area (Å²) in [6.07, 6.45) is 6.35. The molecule has 5 heteroatoms. The molecule has 1 fully saturated rings. The molecule has 1 aromatic heterocycles. The number of H-pyrrole nitrogens is 1. The first-order valence-corrected chi connectivity index (χ1v) is 7.79. The van der Waals surface area contributed by atoms with E-state index in [4.69, 9.17) is 11.6 Å². The quantitative estimate of drug-likeness (QED) is 0.841. The summed E-state index contributed by atoms with van der Waals surface area (Å²) in [7, 11) is 0. The molecule has 0 spiro atoms. The van der Waals surface area contributed by atoms with Gasteiger partial charge in [0.2, 0.25) is 0 Å². The van der Waals surface area contributed by atoms with Gasteiger partial charge in [-0.1, -0.05) is 46.8 Å². The monoisotopic (exact) mass is 339 g/mol. The predicted molar refractivity (Wildman–Crippen MR) is 80.4 cm³/mol. The Morgan fingerprint density at radius 1 is 1.21 bits per heavy atom. The van der Waals surface area contributed by atoms with E-state index in [1.54, 1.807) is 0 Å². The second-order valence-corrected chi connectivity index (χ2v) is 6.33. The van der Waals surface area contributed by atoms with E-state index >= 15 is 0 Å². The molecule has 19 heavy (non-hydrogen) atoms. The lowest BCUT2D eigenvalue weighted by molar-refractivity contribution is 0.429. The molecule has 1 aliphatic rings. The molecule has 0 radical (unpaired) electrons. The van der Waals surface area contributed by atoms with E-state index in [2.05, 4.69) is 31.1 Å². The molecule has 0 unspecified atom stereocenters. The minimum atomic E-state index is 0.532. The number of benzene rings is 1. The SMILES string of the molecule is Clc1cc(Br)ccc1-c1n[nH]c(C2CCCCC2)n1. The first kappa shape index (κ1) is 13.1. The summed E-state index contributed by atoms with van der Waals surface area (Å²) in [4.78, 5) is 4.63. The van der Waals surface area contributed by atoms with Gasteiger partial charge in [0.25, 0.3) is 0 Å². The molecule has 3 rings (SSSR count). The third-order valence-corrected chi connectivity index (χ3v) is 4.47. The average Bonchev–Trinajstić information content (AvgIpc) is 2.89. The van der Waals surface area contributed by atoms with Gasteiger partial charge in [0.1, 0.15) is 5.82 Å². The topological polar surface area (TPSA) is 41.6 Å². The number of aromatic amines is 1. The zero-order valence-electron chi connectivity index (χ0n) is 10.5. The van der Waals surface area contributed by atoms with Crippen LogP contribution in [0.25, 0.3) is 11.4 Å². The molecular formula is C14H15BrClN3. The highest BCUT2D eigenvalue weighted by Gasteiger charge is 2.20. The Bertz CT molecular complexity index is 576. The molecule has 3 nitrogen and oxygen atoms in total. The first-order chi connectivity index (χ1) is 9.24. The maximum absolute atomic E-state index is 6.24. The van der Waals surface area contributed by atoms with Gasteiger partial charge in [0.15, 0.2) is 5.82 Å². The van der Waals surface area contributed by atoms with Crippen LogP contribution < -0.4 is 0 Å². The van der Waals surface area contributed by atoms with Crippen LogP contribution in [0.3, 0.4) is 0 Å². The second-order valence-electron chi connectivity index (χ2n) is 5.00. The van der Waals surface area contributed by atoms with E-state index in [0.717, 1.165) is 15.9 Å². The summed E-state index contributed by atoms with van der Waals surface area (Å²) in [5.74, 6) is 2.23. The van der Waals surface area contributed by atoms with E-state index in [1.807, 2.05) is 18.2 Å². The largest absolute Gasteiger partial charge is 0.262 e. The number of rotatable bonds is 2. The molecule has 0 atom stereocenters. The van der Waals surface area contributed by atoms with Crippen LogP contribution in [-0.4, -0.2) is 15.2 Å². The third kappa shape index (κ3) is 2.84. The molecule has 0 bridgehead atoms. The Labute approximate surface area is 125 Å². The van der Waals surface area contributed by atoms with Gasteiger partial charge >= 0.3 is 0 Å². The molecule has 1 aliphatic carbocycles. The van der Waals surface area contributed by atoms with Crippen LogP contribution in [0, 0.1) is 0 Å². The fraction of sp³-hybridized carbons (Fsp3) is 0.429. The Morgan fingerprint density at radius 2 is 2.00 bits per heavy atom. The Balaban J connectivity index is 1.87. The Hall–Kier alpha value is -0.870. The van der Waals surface area contributed by atoms with Crippen LogP contribution >= 0.6 is 27.5 Å². The molecule has 0 saturated heterocycles.